The molecule has 4 nitrogen and oxygen atoms in total. The van der Waals surface area contributed by atoms with Crippen molar-refractivity contribution < 1.29 is 4.79 Å². The highest BCUT2D eigenvalue weighted by Gasteiger charge is 2.16. The zero-order chi connectivity index (χ0) is 15.0. The van der Waals surface area contributed by atoms with Crippen LogP contribution in [-0.2, 0) is 13.5 Å². The number of para-hydroxylation sites is 2. The molecule has 2 heterocycles. The van der Waals surface area contributed by atoms with E-state index in [1.807, 2.05) is 41.9 Å². The Balaban J connectivity index is 1.94. The monoisotopic (exact) mass is 407 g/mol. The van der Waals surface area contributed by atoms with Gasteiger partial charge in [-0.05, 0) is 50.1 Å². The second kappa shape index (κ2) is 5.69. The molecule has 0 N–H and O–H groups in total. The minimum atomic E-state index is -0.0622. The van der Waals surface area contributed by atoms with Gasteiger partial charge >= 0.3 is 0 Å². The van der Waals surface area contributed by atoms with Crippen molar-refractivity contribution in [3.05, 3.63) is 57.0 Å². The molecule has 0 aliphatic carbocycles. The summed E-state index contributed by atoms with van der Waals surface area (Å²) < 4.78 is 3.45. The van der Waals surface area contributed by atoms with Crippen LogP contribution in [0.3, 0.4) is 0 Å². The van der Waals surface area contributed by atoms with Crippen LogP contribution in [0.25, 0.3) is 11.0 Å². The highest BCUT2D eigenvalue weighted by Crippen LogP contribution is 2.22. The number of aromatic nitrogens is 3. The molecule has 0 radical (unpaired) electrons. The van der Waals surface area contributed by atoms with Crippen LogP contribution in [0.4, 0.5) is 0 Å². The SMILES string of the molecule is Cn1c(CC(=O)c2ncc(Br)cc2Br)nc2ccccc21. The highest BCUT2D eigenvalue weighted by molar-refractivity contribution is 9.11. The van der Waals surface area contributed by atoms with Crippen molar-refractivity contribution in [2.75, 3.05) is 0 Å². The van der Waals surface area contributed by atoms with Gasteiger partial charge in [-0.1, -0.05) is 12.1 Å². The zero-order valence-corrected chi connectivity index (χ0v) is 14.3. The molecule has 0 saturated heterocycles. The van der Waals surface area contributed by atoms with E-state index in [1.54, 1.807) is 6.20 Å². The fourth-order valence-corrected chi connectivity index (χ4v) is 3.41. The molecule has 21 heavy (non-hydrogen) atoms. The molecule has 0 atom stereocenters. The van der Waals surface area contributed by atoms with E-state index in [0.717, 1.165) is 21.3 Å². The number of hydrogen-bond donors (Lipinski definition) is 0. The fourth-order valence-electron chi connectivity index (χ4n) is 2.20. The molecular formula is C15H11Br2N3O. The molecule has 1 aromatic carbocycles. The average Bonchev–Trinajstić information content (AvgIpc) is 2.76. The maximum Gasteiger partial charge on any atom is 0.189 e. The van der Waals surface area contributed by atoms with Crippen LogP contribution in [-0.4, -0.2) is 20.3 Å². The van der Waals surface area contributed by atoms with Gasteiger partial charge in [0.15, 0.2) is 5.78 Å². The Labute approximate surface area is 138 Å². The van der Waals surface area contributed by atoms with Gasteiger partial charge in [-0.3, -0.25) is 9.78 Å². The molecule has 3 aromatic rings. The summed E-state index contributed by atoms with van der Waals surface area (Å²) in [5, 5.41) is 0. The third-order valence-electron chi connectivity index (χ3n) is 3.27. The lowest BCUT2D eigenvalue weighted by atomic mass is 10.2. The van der Waals surface area contributed by atoms with Crippen LogP contribution < -0.4 is 0 Å². The first-order valence-corrected chi connectivity index (χ1v) is 7.89. The molecule has 0 saturated carbocycles. The summed E-state index contributed by atoms with van der Waals surface area (Å²) in [6, 6.07) is 9.65. The number of pyridine rings is 1. The Morgan fingerprint density at radius 3 is 2.76 bits per heavy atom. The van der Waals surface area contributed by atoms with Gasteiger partial charge in [0.2, 0.25) is 0 Å². The average molecular weight is 409 g/mol. The van der Waals surface area contributed by atoms with Gasteiger partial charge in [-0.15, -0.1) is 0 Å². The molecule has 0 spiro atoms. The number of carbonyl (C=O) groups is 1. The lowest BCUT2D eigenvalue weighted by molar-refractivity contribution is 0.0984. The topological polar surface area (TPSA) is 47.8 Å². The Morgan fingerprint density at radius 1 is 1.29 bits per heavy atom. The van der Waals surface area contributed by atoms with E-state index < -0.39 is 0 Å². The second-order valence-electron chi connectivity index (χ2n) is 4.66. The number of aryl methyl sites for hydroxylation is 1. The smallest absolute Gasteiger partial charge is 0.189 e. The molecule has 0 unspecified atom stereocenters. The third kappa shape index (κ3) is 2.78. The fraction of sp³-hybridized carbons (Fsp3) is 0.133. The van der Waals surface area contributed by atoms with E-state index in [1.165, 1.54) is 0 Å². The van der Waals surface area contributed by atoms with Crippen molar-refractivity contribution in [1.29, 1.82) is 0 Å². The van der Waals surface area contributed by atoms with Gasteiger partial charge in [-0.2, -0.15) is 0 Å². The van der Waals surface area contributed by atoms with E-state index in [2.05, 4.69) is 41.8 Å². The predicted octanol–water partition coefficient (Wildman–Crippen LogP) is 3.92. The van der Waals surface area contributed by atoms with Crippen LogP contribution >= 0.6 is 31.9 Å². The summed E-state index contributed by atoms with van der Waals surface area (Å²) in [5.41, 5.74) is 2.33. The molecular weight excluding hydrogens is 398 g/mol. The Hall–Kier alpha value is -1.53. The molecule has 6 heteroatoms. The van der Waals surface area contributed by atoms with E-state index in [4.69, 9.17) is 0 Å². The van der Waals surface area contributed by atoms with Crippen molar-refractivity contribution in [2.24, 2.45) is 7.05 Å². The quantitative estimate of drug-likeness (QED) is 0.617. The third-order valence-corrected chi connectivity index (χ3v) is 4.31. The molecule has 3 rings (SSSR count). The van der Waals surface area contributed by atoms with E-state index in [-0.39, 0.29) is 12.2 Å². The largest absolute Gasteiger partial charge is 0.331 e. The molecule has 0 amide bonds. The number of halogens is 2. The zero-order valence-electron chi connectivity index (χ0n) is 11.2. The standard InChI is InChI=1S/C15H11Br2N3O/c1-20-12-5-3-2-4-11(12)19-14(20)7-13(21)15-10(17)6-9(16)8-18-15/h2-6,8H,7H2,1H3. The van der Waals surface area contributed by atoms with Crippen LogP contribution in [0, 0.1) is 0 Å². The normalized spacial score (nSPS) is 11.0. The first kappa shape index (κ1) is 14.4. The number of carbonyl (C=O) groups excluding carboxylic acids is 1. The Morgan fingerprint density at radius 2 is 2.05 bits per heavy atom. The highest BCUT2D eigenvalue weighted by atomic mass is 79.9. The van der Waals surface area contributed by atoms with Crippen LogP contribution in [0.15, 0.2) is 45.5 Å². The van der Waals surface area contributed by atoms with Crippen molar-refractivity contribution >= 4 is 48.7 Å². The molecule has 0 fully saturated rings. The Bertz CT molecular complexity index is 842. The first-order chi connectivity index (χ1) is 10.1. The van der Waals surface area contributed by atoms with Crippen LogP contribution in [0.5, 0.6) is 0 Å². The maximum atomic E-state index is 12.4. The molecule has 0 aliphatic heterocycles. The van der Waals surface area contributed by atoms with Crippen molar-refractivity contribution in [1.82, 2.24) is 14.5 Å². The summed E-state index contributed by atoms with van der Waals surface area (Å²) in [6.45, 7) is 0. The van der Waals surface area contributed by atoms with E-state index in [0.29, 0.717) is 10.2 Å². The van der Waals surface area contributed by atoms with Gasteiger partial charge in [0.25, 0.3) is 0 Å². The molecule has 0 aliphatic rings. The number of rotatable bonds is 3. The summed E-state index contributed by atoms with van der Waals surface area (Å²) >= 11 is 6.70. The number of ketones is 1. The van der Waals surface area contributed by atoms with Gasteiger partial charge in [-0.25, -0.2) is 4.98 Å². The summed E-state index contributed by atoms with van der Waals surface area (Å²) in [5.74, 6) is 0.672. The van der Waals surface area contributed by atoms with Gasteiger partial charge in [0.1, 0.15) is 11.5 Å². The number of fused-ring (bicyclic) bond motifs is 1. The maximum absolute atomic E-state index is 12.4. The molecule has 0 bridgehead atoms. The van der Waals surface area contributed by atoms with E-state index in [9.17, 15) is 4.79 Å². The van der Waals surface area contributed by atoms with Crippen molar-refractivity contribution in [3.63, 3.8) is 0 Å². The molecule has 2 aromatic heterocycles. The van der Waals surface area contributed by atoms with Crippen molar-refractivity contribution in [3.8, 4) is 0 Å². The van der Waals surface area contributed by atoms with E-state index >= 15 is 0 Å². The van der Waals surface area contributed by atoms with Crippen LogP contribution in [0.1, 0.15) is 16.3 Å². The van der Waals surface area contributed by atoms with Crippen molar-refractivity contribution in [2.45, 2.75) is 6.42 Å². The number of hydrogen-bond acceptors (Lipinski definition) is 3. The first-order valence-electron chi connectivity index (χ1n) is 6.31. The minimum absolute atomic E-state index is 0.0622. The number of nitrogens with zero attached hydrogens (tertiary/aromatic N) is 3. The summed E-state index contributed by atoms with van der Waals surface area (Å²) in [6.07, 6.45) is 1.84. The number of Topliss-reactive ketones (excluding diaryl/α,β-unsaturated/α-hetero) is 1. The van der Waals surface area contributed by atoms with Gasteiger partial charge in [0, 0.05) is 22.2 Å². The predicted molar refractivity (Wildman–Crippen MR) is 88.4 cm³/mol. The lowest BCUT2D eigenvalue weighted by Crippen LogP contribution is -2.10. The summed E-state index contributed by atoms with van der Waals surface area (Å²) in [7, 11) is 1.92. The Kier molecular flexibility index (Phi) is 3.91. The minimum Gasteiger partial charge on any atom is -0.331 e. The summed E-state index contributed by atoms with van der Waals surface area (Å²) in [4.78, 5) is 21.1. The van der Waals surface area contributed by atoms with Crippen LogP contribution in [0.2, 0.25) is 0 Å². The number of benzene rings is 1. The molecule has 106 valence electrons. The lowest BCUT2D eigenvalue weighted by Gasteiger charge is -2.04. The number of imidazole rings is 1. The van der Waals surface area contributed by atoms with Gasteiger partial charge < -0.3 is 4.57 Å². The second-order valence-corrected chi connectivity index (χ2v) is 6.43. The van der Waals surface area contributed by atoms with Gasteiger partial charge in [0.05, 0.1) is 17.5 Å².